The Morgan fingerprint density at radius 2 is 1.74 bits per heavy atom. The number of β-amino-alcohol motifs (C(OH)–C–C–N with tert-alkyl or cyclic N) is 1. The van der Waals surface area contributed by atoms with Gasteiger partial charge in [0, 0.05) is 18.9 Å². The van der Waals surface area contributed by atoms with Crippen LogP contribution in [0, 0.1) is 0 Å². The number of nitrogens with one attached hydrogen (secondary N) is 1. The van der Waals surface area contributed by atoms with E-state index in [-0.39, 0.29) is 43.5 Å². The number of carboxylic acid groups (broad SMARTS) is 1. The molecule has 1 aromatic heterocycles. The van der Waals surface area contributed by atoms with Crippen molar-refractivity contribution in [2.45, 2.75) is 31.0 Å². The van der Waals surface area contributed by atoms with Gasteiger partial charge in [0.15, 0.2) is 17.8 Å². The zero-order valence-electron chi connectivity index (χ0n) is 18.6. The van der Waals surface area contributed by atoms with E-state index in [0.717, 1.165) is 33.5 Å². The number of alkyl carbamates (subject to hydrolysis) is 1. The predicted octanol–water partition coefficient (Wildman–Crippen LogP) is 2.37. The van der Waals surface area contributed by atoms with Crippen molar-refractivity contribution in [3.63, 3.8) is 0 Å². The van der Waals surface area contributed by atoms with Gasteiger partial charge in [-0.15, -0.1) is 0 Å². The lowest BCUT2D eigenvalue weighted by Crippen LogP contribution is -2.41. The summed E-state index contributed by atoms with van der Waals surface area (Å²) in [6.45, 7) is -0.165. The van der Waals surface area contributed by atoms with Crippen molar-refractivity contribution in [1.29, 1.82) is 0 Å². The molecule has 10 nitrogen and oxygen atoms in total. The molecule has 1 aliphatic carbocycles. The maximum Gasteiger partial charge on any atom is 0.407 e. The Labute approximate surface area is 200 Å². The molecule has 2 atom stereocenters. The molecule has 0 bridgehead atoms. The van der Waals surface area contributed by atoms with E-state index < -0.39 is 30.1 Å². The van der Waals surface area contributed by atoms with Gasteiger partial charge in [0.25, 0.3) is 5.91 Å². The molecule has 2 heterocycles. The molecule has 3 N–H and O–H groups in total. The van der Waals surface area contributed by atoms with Crippen molar-refractivity contribution in [3.8, 4) is 11.1 Å². The Balaban J connectivity index is 1.22. The largest absolute Gasteiger partial charge is 0.480 e. The molecule has 1 aliphatic heterocycles. The molecule has 0 unspecified atom stereocenters. The fourth-order valence-electron chi connectivity index (χ4n) is 4.78. The van der Waals surface area contributed by atoms with Crippen LogP contribution in [0.15, 0.2) is 59.3 Å². The number of benzene rings is 2. The molecule has 1 fully saturated rings. The molecule has 2 aromatic carbocycles. The number of aliphatic carboxylic acids is 1. The highest BCUT2D eigenvalue weighted by molar-refractivity contribution is 5.96. The number of fused-ring (bicyclic) bond motifs is 3. The number of hydrogen-bond acceptors (Lipinski definition) is 7. The number of hydrogen-bond donors (Lipinski definition) is 3. The topological polar surface area (TPSA) is 142 Å². The average molecular weight is 477 g/mol. The number of nitrogens with zero attached hydrogens (tertiary/aromatic N) is 2. The fourth-order valence-corrected chi connectivity index (χ4v) is 4.78. The van der Waals surface area contributed by atoms with Gasteiger partial charge in [-0.05, 0) is 22.3 Å². The molecule has 180 valence electrons. The highest BCUT2D eigenvalue weighted by atomic mass is 16.5. The number of ether oxygens (including phenoxy) is 1. The van der Waals surface area contributed by atoms with Crippen molar-refractivity contribution in [1.82, 2.24) is 15.2 Å². The lowest BCUT2D eigenvalue weighted by molar-refractivity contribution is -0.141. The minimum absolute atomic E-state index is 0.0632. The first kappa shape index (κ1) is 22.6. The second-order valence-corrected chi connectivity index (χ2v) is 8.50. The van der Waals surface area contributed by atoms with Gasteiger partial charge in [0.05, 0.1) is 12.6 Å². The minimum Gasteiger partial charge on any atom is -0.480 e. The number of carboxylic acids is 1. The Morgan fingerprint density at radius 1 is 1.09 bits per heavy atom. The van der Waals surface area contributed by atoms with E-state index in [1.807, 2.05) is 48.5 Å². The SMILES string of the molecule is O=C(NCc1ocnc1C(=O)N1C[C@@H](O)C[C@H]1C(=O)O)OCC1c2ccccc2-c2ccccc21. The summed E-state index contributed by atoms with van der Waals surface area (Å²) in [6.07, 6.45) is -0.646. The van der Waals surface area contributed by atoms with Crippen LogP contribution in [0.5, 0.6) is 0 Å². The summed E-state index contributed by atoms with van der Waals surface area (Å²) in [5, 5.41) is 21.7. The van der Waals surface area contributed by atoms with E-state index >= 15 is 0 Å². The summed E-state index contributed by atoms with van der Waals surface area (Å²) in [7, 11) is 0. The van der Waals surface area contributed by atoms with Crippen molar-refractivity contribution in [2.24, 2.45) is 0 Å². The molecule has 35 heavy (non-hydrogen) atoms. The molecular formula is C25H23N3O7. The van der Waals surface area contributed by atoms with Crippen LogP contribution in [0.2, 0.25) is 0 Å². The van der Waals surface area contributed by atoms with E-state index in [0.29, 0.717) is 0 Å². The summed E-state index contributed by atoms with van der Waals surface area (Å²) in [5.74, 6) is -1.93. The van der Waals surface area contributed by atoms with E-state index in [9.17, 15) is 24.6 Å². The summed E-state index contributed by atoms with van der Waals surface area (Å²) in [5.41, 5.74) is 4.29. The molecule has 10 heteroatoms. The average Bonchev–Trinajstić information content (AvgIpc) is 3.57. The van der Waals surface area contributed by atoms with Crippen LogP contribution in [0.1, 0.15) is 39.7 Å². The van der Waals surface area contributed by atoms with Crippen molar-refractivity contribution in [2.75, 3.05) is 13.2 Å². The molecule has 2 amide bonds. The Morgan fingerprint density at radius 3 is 2.40 bits per heavy atom. The van der Waals surface area contributed by atoms with Crippen LogP contribution in [-0.4, -0.2) is 63.4 Å². The third kappa shape index (κ3) is 4.24. The molecule has 3 aromatic rings. The van der Waals surface area contributed by atoms with E-state index in [4.69, 9.17) is 9.15 Å². The summed E-state index contributed by atoms with van der Waals surface area (Å²) < 4.78 is 10.7. The number of rotatable bonds is 6. The van der Waals surface area contributed by atoms with Crippen molar-refractivity contribution in [3.05, 3.63) is 77.5 Å². The van der Waals surface area contributed by atoms with Crippen molar-refractivity contribution >= 4 is 18.0 Å². The zero-order chi connectivity index (χ0) is 24.5. The summed E-state index contributed by atoms with van der Waals surface area (Å²) in [6, 6.07) is 14.8. The Kier molecular flexibility index (Phi) is 5.96. The summed E-state index contributed by atoms with van der Waals surface area (Å²) in [4.78, 5) is 41.7. The van der Waals surface area contributed by atoms with Crippen LogP contribution in [0.4, 0.5) is 4.79 Å². The maximum absolute atomic E-state index is 12.9. The molecule has 1 saturated heterocycles. The standard InChI is InChI=1S/C25H23N3O7/c29-14-9-20(24(31)32)28(11-14)23(30)22-21(35-13-27-22)10-26-25(33)34-12-19-17-7-3-1-5-15(17)16-6-2-4-8-18(16)19/h1-8,13-14,19-20,29H,9-12H2,(H,26,33)(H,31,32)/t14-,20-/m0/s1. The van der Waals surface area contributed by atoms with Gasteiger partial charge in [-0.3, -0.25) is 4.79 Å². The molecule has 2 aliphatic rings. The third-order valence-corrected chi connectivity index (χ3v) is 6.41. The van der Waals surface area contributed by atoms with Gasteiger partial charge in [-0.2, -0.15) is 0 Å². The number of carbonyl (C=O) groups excluding carboxylic acids is 2. The number of likely N-dealkylation sites (tertiary alicyclic amines) is 1. The van der Waals surface area contributed by atoms with E-state index in [1.165, 1.54) is 0 Å². The third-order valence-electron chi connectivity index (χ3n) is 6.41. The lowest BCUT2D eigenvalue weighted by Gasteiger charge is -2.20. The van der Waals surface area contributed by atoms with Gasteiger partial charge in [0.2, 0.25) is 0 Å². The van der Waals surface area contributed by atoms with Crippen LogP contribution in [-0.2, 0) is 16.1 Å². The summed E-state index contributed by atoms with van der Waals surface area (Å²) >= 11 is 0. The number of oxazole rings is 1. The van der Waals surface area contributed by atoms with E-state index in [2.05, 4.69) is 10.3 Å². The number of carbonyl (C=O) groups is 3. The first-order chi connectivity index (χ1) is 16.9. The molecule has 5 rings (SSSR count). The van der Waals surface area contributed by atoms with Gasteiger partial charge in [-0.25, -0.2) is 14.6 Å². The fraction of sp³-hybridized carbons (Fsp3) is 0.280. The van der Waals surface area contributed by atoms with Crippen LogP contribution in [0.25, 0.3) is 11.1 Å². The number of aliphatic hydroxyl groups excluding tert-OH is 1. The lowest BCUT2D eigenvalue weighted by atomic mass is 9.98. The monoisotopic (exact) mass is 477 g/mol. The van der Waals surface area contributed by atoms with Gasteiger partial charge in [-0.1, -0.05) is 48.5 Å². The van der Waals surface area contributed by atoms with Crippen molar-refractivity contribution < 1.29 is 33.8 Å². The predicted molar refractivity (Wildman–Crippen MR) is 121 cm³/mol. The normalized spacial score (nSPS) is 18.7. The number of aromatic nitrogens is 1. The first-order valence-corrected chi connectivity index (χ1v) is 11.2. The quantitative estimate of drug-likeness (QED) is 0.491. The van der Waals surface area contributed by atoms with E-state index in [1.54, 1.807) is 0 Å². The number of aliphatic hydroxyl groups is 1. The number of amides is 2. The molecule has 0 radical (unpaired) electrons. The smallest absolute Gasteiger partial charge is 0.407 e. The maximum atomic E-state index is 12.9. The van der Waals surface area contributed by atoms with Crippen LogP contribution >= 0.6 is 0 Å². The molecule has 0 spiro atoms. The van der Waals surface area contributed by atoms with Gasteiger partial charge in [0.1, 0.15) is 12.6 Å². The highest BCUT2D eigenvalue weighted by Crippen LogP contribution is 2.44. The zero-order valence-corrected chi connectivity index (χ0v) is 18.6. The Bertz CT molecular complexity index is 1240. The van der Waals surface area contributed by atoms with Gasteiger partial charge >= 0.3 is 12.1 Å². The van der Waals surface area contributed by atoms with Crippen LogP contribution in [0.3, 0.4) is 0 Å². The first-order valence-electron chi connectivity index (χ1n) is 11.2. The highest BCUT2D eigenvalue weighted by Gasteiger charge is 2.40. The van der Waals surface area contributed by atoms with Crippen LogP contribution < -0.4 is 5.32 Å². The second kappa shape index (κ2) is 9.22. The Hall–Kier alpha value is -4.18. The second-order valence-electron chi connectivity index (χ2n) is 8.50. The molecular weight excluding hydrogens is 454 g/mol. The minimum atomic E-state index is -1.21. The molecule has 0 saturated carbocycles. The van der Waals surface area contributed by atoms with Gasteiger partial charge < -0.3 is 29.6 Å².